The average Bonchev–Trinajstić information content (AvgIpc) is 2.70. The van der Waals surface area contributed by atoms with Gasteiger partial charge in [-0.1, -0.05) is 25.8 Å². The summed E-state index contributed by atoms with van der Waals surface area (Å²) < 4.78 is 5.47. The maximum Gasteiger partial charge on any atom is 0.0591 e. The van der Waals surface area contributed by atoms with Gasteiger partial charge in [0.25, 0.3) is 0 Å². The van der Waals surface area contributed by atoms with Crippen molar-refractivity contribution in [1.29, 1.82) is 0 Å². The van der Waals surface area contributed by atoms with Gasteiger partial charge in [0, 0.05) is 12.6 Å². The first-order valence-corrected chi connectivity index (χ1v) is 6.30. The normalized spacial score (nSPS) is 25.7. The van der Waals surface area contributed by atoms with Crippen LogP contribution in [0.3, 0.4) is 0 Å². The molecule has 0 aromatic heterocycles. The smallest absolute Gasteiger partial charge is 0.0591 e. The number of hydrogen-bond acceptors (Lipinski definition) is 2. The summed E-state index contributed by atoms with van der Waals surface area (Å²) in [5.41, 5.74) is 0. The average molecular weight is 211 g/mol. The molecule has 0 aromatic rings. The second-order valence-corrected chi connectivity index (χ2v) is 4.35. The summed E-state index contributed by atoms with van der Waals surface area (Å²) in [6, 6.07) is 0.748. The van der Waals surface area contributed by atoms with E-state index in [0.29, 0.717) is 0 Å². The largest absolute Gasteiger partial charge is 0.380 e. The van der Waals surface area contributed by atoms with Crippen molar-refractivity contribution in [3.05, 3.63) is 12.7 Å². The van der Waals surface area contributed by atoms with Gasteiger partial charge in [-0.25, -0.2) is 0 Å². The lowest BCUT2D eigenvalue weighted by Gasteiger charge is -2.19. The van der Waals surface area contributed by atoms with Crippen LogP contribution in [0.25, 0.3) is 0 Å². The van der Waals surface area contributed by atoms with Gasteiger partial charge < -0.3 is 10.1 Å². The molecule has 2 nitrogen and oxygen atoms in total. The fourth-order valence-corrected chi connectivity index (χ4v) is 2.38. The summed E-state index contributed by atoms with van der Waals surface area (Å²) in [4.78, 5) is 0. The molecule has 2 heteroatoms. The Kier molecular flexibility index (Phi) is 6.69. The molecule has 2 unspecified atom stereocenters. The van der Waals surface area contributed by atoms with Crippen LogP contribution in [-0.4, -0.2) is 25.8 Å². The van der Waals surface area contributed by atoms with Crippen molar-refractivity contribution >= 4 is 0 Å². The lowest BCUT2D eigenvalue weighted by molar-refractivity contribution is 0.136. The fourth-order valence-electron chi connectivity index (χ4n) is 2.38. The zero-order valence-corrected chi connectivity index (χ0v) is 10.0. The molecule has 1 rings (SSSR count). The third-order valence-electron chi connectivity index (χ3n) is 3.30. The van der Waals surface area contributed by atoms with E-state index in [0.717, 1.165) is 38.1 Å². The van der Waals surface area contributed by atoms with Gasteiger partial charge in [0.05, 0.1) is 13.2 Å². The zero-order valence-electron chi connectivity index (χ0n) is 10.0. The second-order valence-electron chi connectivity index (χ2n) is 4.35. The SMILES string of the molecule is C=CCCOCCNC1CCCC1CC. The van der Waals surface area contributed by atoms with Crippen LogP contribution in [0.5, 0.6) is 0 Å². The van der Waals surface area contributed by atoms with Crippen LogP contribution >= 0.6 is 0 Å². The van der Waals surface area contributed by atoms with Crippen LogP contribution in [0.2, 0.25) is 0 Å². The quantitative estimate of drug-likeness (QED) is 0.492. The molecule has 0 amide bonds. The summed E-state index contributed by atoms with van der Waals surface area (Å²) in [5, 5.41) is 3.61. The first kappa shape index (κ1) is 12.7. The van der Waals surface area contributed by atoms with Gasteiger partial charge in [0.1, 0.15) is 0 Å². The van der Waals surface area contributed by atoms with E-state index in [-0.39, 0.29) is 0 Å². The minimum atomic E-state index is 0.748. The predicted octanol–water partition coefficient (Wildman–Crippen LogP) is 2.75. The van der Waals surface area contributed by atoms with Crippen LogP contribution in [0.1, 0.15) is 39.0 Å². The highest BCUT2D eigenvalue weighted by Gasteiger charge is 2.24. The van der Waals surface area contributed by atoms with Gasteiger partial charge in [0.2, 0.25) is 0 Å². The van der Waals surface area contributed by atoms with E-state index in [1.165, 1.54) is 25.7 Å². The van der Waals surface area contributed by atoms with Crippen LogP contribution in [-0.2, 0) is 4.74 Å². The van der Waals surface area contributed by atoms with Crippen LogP contribution in [0.15, 0.2) is 12.7 Å². The van der Waals surface area contributed by atoms with Crippen molar-refractivity contribution in [1.82, 2.24) is 5.32 Å². The Morgan fingerprint density at radius 2 is 2.27 bits per heavy atom. The molecule has 0 radical (unpaired) electrons. The Hall–Kier alpha value is -0.340. The standard InChI is InChI=1S/C13H25NO/c1-3-5-10-15-11-9-14-13-8-6-7-12(13)4-2/h3,12-14H,1,4-11H2,2H3. The van der Waals surface area contributed by atoms with Gasteiger partial charge in [-0.15, -0.1) is 6.58 Å². The van der Waals surface area contributed by atoms with E-state index in [1.54, 1.807) is 0 Å². The predicted molar refractivity (Wildman–Crippen MR) is 65.1 cm³/mol. The summed E-state index contributed by atoms with van der Waals surface area (Å²) in [6.45, 7) is 8.61. The first-order valence-electron chi connectivity index (χ1n) is 6.30. The first-order chi connectivity index (χ1) is 7.38. The molecule has 15 heavy (non-hydrogen) atoms. The Bertz CT molecular complexity index is 170. The molecule has 1 saturated carbocycles. The van der Waals surface area contributed by atoms with Crippen LogP contribution < -0.4 is 5.32 Å². The third kappa shape index (κ3) is 4.80. The topological polar surface area (TPSA) is 21.3 Å². The van der Waals surface area contributed by atoms with Gasteiger partial charge in [-0.3, -0.25) is 0 Å². The highest BCUT2D eigenvalue weighted by atomic mass is 16.5. The van der Waals surface area contributed by atoms with E-state index in [4.69, 9.17) is 4.74 Å². The summed E-state index contributed by atoms with van der Waals surface area (Å²) >= 11 is 0. The Morgan fingerprint density at radius 1 is 1.40 bits per heavy atom. The van der Waals surface area contributed by atoms with Crippen molar-refractivity contribution in [3.63, 3.8) is 0 Å². The molecule has 0 saturated heterocycles. The molecule has 1 N–H and O–H groups in total. The summed E-state index contributed by atoms with van der Waals surface area (Å²) in [5.74, 6) is 0.901. The molecule has 2 atom stereocenters. The van der Waals surface area contributed by atoms with Crippen molar-refractivity contribution in [2.24, 2.45) is 5.92 Å². The van der Waals surface area contributed by atoms with Gasteiger partial charge in [-0.2, -0.15) is 0 Å². The minimum Gasteiger partial charge on any atom is -0.380 e. The number of rotatable bonds is 8. The molecule has 0 heterocycles. The van der Waals surface area contributed by atoms with Crippen molar-refractivity contribution < 1.29 is 4.74 Å². The summed E-state index contributed by atoms with van der Waals surface area (Å²) in [7, 11) is 0. The molecule has 1 aliphatic rings. The number of ether oxygens (including phenoxy) is 1. The molecule has 0 bridgehead atoms. The highest BCUT2D eigenvalue weighted by Crippen LogP contribution is 2.27. The van der Waals surface area contributed by atoms with Crippen molar-refractivity contribution in [2.75, 3.05) is 19.8 Å². The lowest BCUT2D eigenvalue weighted by Crippen LogP contribution is -2.34. The molecule has 0 aliphatic heterocycles. The van der Waals surface area contributed by atoms with Gasteiger partial charge in [0.15, 0.2) is 0 Å². The van der Waals surface area contributed by atoms with Crippen LogP contribution in [0, 0.1) is 5.92 Å². The lowest BCUT2D eigenvalue weighted by atomic mass is 10.0. The van der Waals surface area contributed by atoms with Gasteiger partial charge >= 0.3 is 0 Å². The van der Waals surface area contributed by atoms with Crippen molar-refractivity contribution in [2.45, 2.75) is 45.1 Å². The van der Waals surface area contributed by atoms with E-state index in [1.807, 2.05) is 6.08 Å². The highest BCUT2D eigenvalue weighted by molar-refractivity contribution is 4.81. The molecular weight excluding hydrogens is 186 g/mol. The number of nitrogens with one attached hydrogen (secondary N) is 1. The zero-order chi connectivity index (χ0) is 10.9. The Balaban J connectivity index is 1.97. The third-order valence-corrected chi connectivity index (χ3v) is 3.30. The molecule has 0 aromatic carbocycles. The Morgan fingerprint density at radius 3 is 3.00 bits per heavy atom. The molecular formula is C13H25NO. The van der Waals surface area contributed by atoms with Crippen molar-refractivity contribution in [3.8, 4) is 0 Å². The molecule has 1 aliphatic carbocycles. The maximum atomic E-state index is 5.47. The Labute approximate surface area is 94.1 Å². The van der Waals surface area contributed by atoms with E-state index in [2.05, 4.69) is 18.8 Å². The van der Waals surface area contributed by atoms with Crippen LogP contribution in [0.4, 0.5) is 0 Å². The van der Waals surface area contributed by atoms with E-state index < -0.39 is 0 Å². The fraction of sp³-hybridized carbons (Fsp3) is 0.846. The molecule has 1 fully saturated rings. The van der Waals surface area contributed by atoms with Gasteiger partial charge in [-0.05, 0) is 25.2 Å². The number of hydrogen-bond donors (Lipinski definition) is 1. The molecule has 88 valence electrons. The second kappa shape index (κ2) is 7.89. The van der Waals surface area contributed by atoms with E-state index in [9.17, 15) is 0 Å². The minimum absolute atomic E-state index is 0.748. The monoisotopic (exact) mass is 211 g/mol. The van der Waals surface area contributed by atoms with E-state index >= 15 is 0 Å². The summed E-state index contributed by atoms with van der Waals surface area (Å²) in [6.07, 6.45) is 8.33. The maximum absolute atomic E-state index is 5.47. The molecule has 0 spiro atoms.